The summed E-state index contributed by atoms with van der Waals surface area (Å²) >= 11 is 1.92. The lowest BCUT2D eigenvalue weighted by Crippen LogP contribution is -2.55. The van der Waals surface area contributed by atoms with Crippen molar-refractivity contribution in [2.75, 3.05) is 26.2 Å². The molecule has 2 saturated heterocycles. The van der Waals surface area contributed by atoms with Gasteiger partial charge in [0, 0.05) is 36.6 Å². The van der Waals surface area contributed by atoms with Crippen molar-refractivity contribution in [3.8, 4) is 0 Å². The third kappa shape index (κ3) is 2.49. The number of hydrogen-bond donors (Lipinski definition) is 0. The number of hydrogen-bond acceptors (Lipinski definition) is 3. The number of rotatable bonds is 3. The fraction of sp³-hybridized carbons (Fsp3) is 0.733. The van der Waals surface area contributed by atoms with E-state index >= 15 is 0 Å². The van der Waals surface area contributed by atoms with Crippen LogP contribution in [0.2, 0.25) is 0 Å². The van der Waals surface area contributed by atoms with Gasteiger partial charge < -0.3 is 0 Å². The predicted molar refractivity (Wildman–Crippen MR) is 78.1 cm³/mol. The van der Waals surface area contributed by atoms with Gasteiger partial charge in [-0.25, -0.2) is 0 Å². The van der Waals surface area contributed by atoms with E-state index in [4.69, 9.17) is 0 Å². The van der Waals surface area contributed by atoms with Crippen molar-refractivity contribution >= 4 is 11.3 Å². The summed E-state index contributed by atoms with van der Waals surface area (Å²) in [4.78, 5) is 7.01. The first-order valence-electron chi connectivity index (χ1n) is 7.40. The van der Waals surface area contributed by atoms with Gasteiger partial charge in [0.15, 0.2) is 0 Å². The van der Waals surface area contributed by atoms with Crippen molar-refractivity contribution in [1.82, 2.24) is 9.80 Å². The van der Waals surface area contributed by atoms with Gasteiger partial charge in [-0.1, -0.05) is 19.4 Å². The van der Waals surface area contributed by atoms with E-state index in [0.717, 1.165) is 6.04 Å². The summed E-state index contributed by atoms with van der Waals surface area (Å²) in [6.45, 7) is 7.50. The topological polar surface area (TPSA) is 6.48 Å². The maximum Gasteiger partial charge on any atom is 0.0440 e. The molecule has 0 aliphatic carbocycles. The largest absolute Gasteiger partial charge is 0.298 e. The van der Waals surface area contributed by atoms with Gasteiger partial charge >= 0.3 is 0 Å². The fourth-order valence-corrected chi connectivity index (χ4v) is 4.53. The molecule has 0 amide bonds. The predicted octanol–water partition coefficient (Wildman–Crippen LogP) is 3.37. The van der Waals surface area contributed by atoms with Gasteiger partial charge in [-0.05, 0) is 37.3 Å². The van der Waals surface area contributed by atoms with E-state index in [-0.39, 0.29) is 0 Å². The standard InChI is InChI=1S/C15H24N2S/c1-2-14(15-7-5-11-18-15)17-10-9-16-8-4-3-6-13(16)12-17/h5,7,11,13-14H,2-4,6,8-10,12H2,1H3. The number of piperazine rings is 1. The second kappa shape index (κ2) is 5.72. The van der Waals surface area contributed by atoms with Crippen LogP contribution < -0.4 is 0 Å². The average molecular weight is 264 g/mol. The lowest BCUT2D eigenvalue weighted by Gasteiger charge is -2.46. The molecule has 2 atom stereocenters. The zero-order valence-corrected chi connectivity index (χ0v) is 12.2. The van der Waals surface area contributed by atoms with Crippen LogP contribution in [0.3, 0.4) is 0 Å². The Morgan fingerprint density at radius 3 is 3.06 bits per heavy atom. The van der Waals surface area contributed by atoms with Gasteiger partial charge in [-0.2, -0.15) is 0 Å². The average Bonchev–Trinajstić information content (AvgIpc) is 2.93. The monoisotopic (exact) mass is 264 g/mol. The molecule has 0 N–H and O–H groups in total. The highest BCUT2D eigenvalue weighted by Crippen LogP contribution is 2.31. The third-order valence-electron chi connectivity index (χ3n) is 4.57. The minimum atomic E-state index is 0.661. The van der Waals surface area contributed by atoms with Crippen molar-refractivity contribution < 1.29 is 0 Å². The number of piperidine rings is 1. The Labute approximate surface area is 115 Å². The molecular weight excluding hydrogens is 240 g/mol. The summed E-state index contributed by atoms with van der Waals surface area (Å²) in [6, 6.07) is 6.00. The van der Waals surface area contributed by atoms with Crippen molar-refractivity contribution in [2.24, 2.45) is 0 Å². The Morgan fingerprint density at radius 1 is 1.33 bits per heavy atom. The molecule has 2 aliphatic heterocycles. The van der Waals surface area contributed by atoms with E-state index in [1.807, 2.05) is 11.3 Å². The Morgan fingerprint density at radius 2 is 2.28 bits per heavy atom. The minimum absolute atomic E-state index is 0.661. The Balaban J connectivity index is 1.69. The highest BCUT2D eigenvalue weighted by molar-refractivity contribution is 7.10. The van der Waals surface area contributed by atoms with Gasteiger partial charge in [-0.15, -0.1) is 11.3 Å². The molecule has 3 rings (SSSR count). The molecule has 1 aromatic heterocycles. The highest BCUT2D eigenvalue weighted by atomic mass is 32.1. The van der Waals surface area contributed by atoms with Gasteiger partial charge in [0.25, 0.3) is 0 Å². The molecule has 2 unspecified atom stereocenters. The van der Waals surface area contributed by atoms with Crippen molar-refractivity contribution in [3.05, 3.63) is 22.4 Å². The van der Waals surface area contributed by atoms with Gasteiger partial charge in [0.1, 0.15) is 0 Å². The van der Waals surface area contributed by atoms with Gasteiger partial charge in [0.2, 0.25) is 0 Å². The zero-order chi connectivity index (χ0) is 12.4. The summed E-state index contributed by atoms with van der Waals surface area (Å²) in [5, 5.41) is 2.22. The van der Waals surface area contributed by atoms with Gasteiger partial charge in [-0.3, -0.25) is 9.80 Å². The molecule has 0 radical (unpaired) electrons. The van der Waals surface area contributed by atoms with Gasteiger partial charge in [0.05, 0.1) is 0 Å². The van der Waals surface area contributed by atoms with Crippen LogP contribution in [0.4, 0.5) is 0 Å². The summed E-state index contributed by atoms with van der Waals surface area (Å²) in [6.07, 6.45) is 5.51. The number of nitrogens with zero attached hydrogens (tertiary/aromatic N) is 2. The van der Waals surface area contributed by atoms with E-state index in [2.05, 4.69) is 34.2 Å². The third-order valence-corrected chi connectivity index (χ3v) is 5.54. The smallest absolute Gasteiger partial charge is 0.0440 e. The normalized spacial score (nSPS) is 27.9. The van der Waals surface area contributed by atoms with Crippen LogP contribution in [0.15, 0.2) is 17.5 Å². The minimum Gasteiger partial charge on any atom is -0.298 e. The summed E-state index contributed by atoms with van der Waals surface area (Å²) in [5.74, 6) is 0. The lowest BCUT2D eigenvalue weighted by molar-refractivity contribution is 0.0266. The highest BCUT2D eigenvalue weighted by Gasteiger charge is 2.32. The molecule has 2 nitrogen and oxygen atoms in total. The van der Waals surface area contributed by atoms with Crippen LogP contribution in [0.25, 0.3) is 0 Å². The second-order valence-electron chi connectivity index (χ2n) is 5.62. The van der Waals surface area contributed by atoms with E-state index in [1.54, 1.807) is 4.88 Å². The van der Waals surface area contributed by atoms with Crippen LogP contribution in [-0.2, 0) is 0 Å². The van der Waals surface area contributed by atoms with E-state index in [0.29, 0.717) is 6.04 Å². The van der Waals surface area contributed by atoms with E-state index in [9.17, 15) is 0 Å². The molecule has 0 bridgehead atoms. The van der Waals surface area contributed by atoms with Crippen molar-refractivity contribution in [1.29, 1.82) is 0 Å². The molecule has 3 heterocycles. The molecular formula is C15H24N2S. The molecule has 100 valence electrons. The van der Waals surface area contributed by atoms with Crippen LogP contribution in [0.1, 0.15) is 43.5 Å². The molecule has 2 aliphatic rings. The summed E-state index contributed by atoms with van der Waals surface area (Å²) < 4.78 is 0. The van der Waals surface area contributed by atoms with Crippen LogP contribution in [0.5, 0.6) is 0 Å². The molecule has 1 aromatic rings. The Kier molecular flexibility index (Phi) is 4.02. The molecule has 0 spiro atoms. The number of fused-ring (bicyclic) bond motifs is 1. The Hall–Kier alpha value is -0.380. The first kappa shape index (κ1) is 12.6. The zero-order valence-electron chi connectivity index (χ0n) is 11.3. The van der Waals surface area contributed by atoms with E-state index < -0.39 is 0 Å². The van der Waals surface area contributed by atoms with Crippen molar-refractivity contribution in [3.63, 3.8) is 0 Å². The lowest BCUT2D eigenvalue weighted by atomic mass is 9.98. The maximum absolute atomic E-state index is 2.73. The number of thiophene rings is 1. The SMILES string of the molecule is CCC(c1cccs1)N1CCN2CCCCC2C1. The molecule has 2 fully saturated rings. The van der Waals surface area contributed by atoms with E-state index in [1.165, 1.54) is 51.9 Å². The molecule has 0 aromatic carbocycles. The van der Waals surface area contributed by atoms with Crippen molar-refractivity contribution in [2.45, 2.75) is 44.7 Å². The summed E-state index contributed by atoms with van der Waals surface area (Å²) in [5.41, 5.74) is 0. The molecule has 3 heteroatoms. The maximum atomic E-state index is 2.73. The fourth-order valence-electron chi connectivity index (χ4n) is 3.58. The first-order chi connectivity index (χ1) is 8.88. The van der Waals surface area contributed by atoms with Crippen LogP contribution in [-0.4, -0.2) is 42.0 Å². The van der Waals surface area contributed by atoms with Crippen LogP contribution in [0, 0.1) is 0 Å². The molecule has 0 saturated carbocycles. The summed E-state index contributed by atoms with van der Waals surface area (Å²) in [7, 11) is 0. The second-order valence-corrected chi connectivity index (χ2v) is 6.60. The molecule has 18 heavy (non-hydrogen) atoms. The Bertz CT molecular complexity index is 363. The quantitative estimate of drug-likeness (QED) is 0.826. The van der Waals surface area contributed by atoms with Crippen LogP contribution >= 0.6 is 11.3 Å². The first-order valence-corrected chi connectivity index (χ1v) is 8.28.